The highest BCUT2D eigenvalue weighted by Gasteiger charge is 2.39. The Bertz CT molecular complexity index is 1220. The Morgan fingerprint density at radius 2 is 1.08 bits per heavy atom. The molecule has 4 aliphatic heterocycles. The van der Waals surface area contributed by atoms with Crippen LogP contribution in [0.2, 0.25) is 0 Å². The number of ether oxygens (including phenoxy) is 2. The summed E-state index contributed by atoms with van der Waals surface area (Å²) < 4.78 is 11.1. The van der Waals surface area contributed by atoms with Crippen LogP contribution in [0.5, 0.6) is 0 Å². The van der Waals surface area contributed by atoms with Crippen LogP contribution < -0.4 is 0 Å². The second kappa shape index (κ2) is 8.76. The molecule has 0 bridgehead atoms. The highest BCUT2D eigenvalue weighted by molar-refractivity contribution is 6.24. The average molecular weight is 488 g/mol. The summed E-state index contributed by atoms with van der Waals surface area (Å²) in [5.74, 6) is -2.08. The van der Waals surface area contributed by atoms with Crippen LogP contribution in [0.25, 0.3) is 0 Å². The third-order valence-corrected chi connectivity index (χ3v) is 7.29. The standard InChI is InChI=1S/C27H24N2O7/c30-23(15-5-7-19-21(11-15)26(33)28(24(19)31)13-17-3-1-9-35-17)16-6-8-20-22(12-16)27(34)29(25(20)32)14-18-4-2-10-36-18/h5-8,11-12,17-18H,1-4,9-10,13-14H2. The summed E-state index contributed by atoms with van der Waals surface area (Å²) in [5.41, 5.74) is 1.32. The lowest BCUT2D eigenvalue weighted by Gasteiger charge is -2.17. The molecule has 9 heteroatoms. The maximum Gasteiger partial charge on any atom is 0.261 e. The Morgan fingerprint density at radius 1 is 0.667 bits per heavy atom. The monoisotopic (exact) mass is 488 g/mol. The van der Waals surface area contributed by atoms with Crippen molar-refractivity contribution < 1.29 is 33.4 Å². The highest BCUT2D eigenvalue weighted by Crippen LogP contribution is 2.29. The van der Waals surface area contributed by atoms with Gasteiger partial charge in [-0.3, -0.25) is 33.8 Å². The minimum Gasteiger partial charge on any atom is -0.376 e. The first kappa shape index (κ1) is 22.8. The molecule has 2 aromatic carbocycles. The number of carbonyl (C=O) groups is 5. The first-order valence-corrected chi connectivity index (χ1v) is 12.2. The van der Waals surface area contributed by atoms with Crippen molar-refractivity contribution in [3.05, 3.63) is 69.8 Å². The molecule has 0 aliphatic carbocycles. The van der Waals surface area contributed by atoms with Crippen molar-refractivity contribution in [2.24, 2.45) is 0 Å². The van der Waals surface area contributed by atoms with Gasteiger partial charge in [-0.2, -0.15) is 0 Å². The summed E-state index contributed by atoms with van der Waals surface area (Å²) >= 11 is 0. The van der Waals surface area contributed by atoms with Crippen molar-refractivity contribution in [3.63, 3.8) is 0 Å². The molecular formula is C27H24N2O7. The molecule has 0 N–H and O–H groups in total. The first-order valence-electron chi connectivity index (χ1n) is 12.2. The fourth-order valence-electron chi connectivity index (χ4n) is 5.35. The van der Waals surface area contributed by atoms with E-state index in [2.05, 4.69) is 0 Å². The van der Waals surface area contributed by atoms with Gasteiger partial charge in [-0.05, 0) is 49.9 Å². The molecule has 0 spiro atoms. The number of amides is 4. The number of nitrogens with zero attached hydrogens (tertiary/aromatic N) is 2. The van der Waals surface area contributed by atoms with Gasteiger partial charge in [-0.1, -0.05) is 12.1 Å². The van der Waals surface area contributed by atoms with Crippen LogP contribution in [-0.4, -0.2) is 77.7 Å². The molecule has 4 aliphatic rings. The van der Waals surface area contributed by atoms with Gasteiger partial charge < -0.3 is 9.47 Å². The summed E-state index contributed by atoms with van der Waals surface area (Å²) in [6.45, 7) is 1.62. The number of carbonyl (C=O) groups excluding carboxylic acids is 5. The van der Waals surface area contributed by atoms with E-state index < -0.39 is 29.4 Å². The van der Waals surface area contributed by atoms with E-state index in [1.807, 2.05) is 0 Å². The van der Waals surface area contributed by atoms with Crippen LogP contribution in [0.1, 0.15) is 83.0 Å². The summed E-state index contributed by atoms with van der Waals surface area (Å²) in [6, 6.07) is 8.85. The number of imide groups is 2. The summed E-state index contributed by atoms with van der Waals surface area (Å²) in [6.07, 6.45) is 3.05. The Kier molecular flexibility index (Phi) is 5.54. The Morgan fingerprint density at radius 3 is 1.47 bits per heavy atom. The molecule has 4 heterocycles. The molecule has 184 valence electrons. The van der Waals surface area contributed by atoms with Crippen LogP contribution in [0, 0.1) is 0 Å². The van der Waals surface area contributed by atoms with Crippen molar-refractivity contribution in [2.75, 3.05) is 26.3 Å². The van der Waals surface area contributed by atoms with Crippen molar-refractivity contribution in [1.82, 2.24) is 9.80 Å². The minimum atomic E-state index is -0.445. The quantitative estimate of drug-likeness (QED) is 0.454. The number of hydrogen-bond acceptors (Lipinski definition) is 7. The van der Waals surface area contributed by atoms with Gasteiger partial charge in [-0.15, -0.1) is 0 Å². The SMILES string of the molecule is O=C(c1ccc2c(c1)C(=O)N(CC1CCCO1)C2=O)c1ccc2c(c1)C(=O)N(CC1CCCO1)C2=O. The van der Waals surface area contributed by atoms with E-state index >= 15 is 0 Å². The van der Waals surface area contributed by atoms with E-state index in [-0.39, 0.29) is 58.7 Å². The zero-order chi connectivity index (χ0) is 25.0. The van der Waals surface area contributed by atoms with E-state index in [0.29, 0.717) is 13.2 Å². The predicted octanol–water partition coefficient (Wildman–Crippen LogP) is 2.47. The molecule has 0 saturated carbocycles. The molecule has 2 aromatic rings. The van der Waals surface area contributed by atoms with Crippen LogP contribution in [0.3, 0.4) is 0 Å². The molecule has 0 aromatic heterocycles. The lowest BCUT2D eigenvalue weighted by molar-refractivity contribution is 0.0468. The molecule has 9 nitrogen and oxygen atoms in total. The van der Waals surface area contributed by atoms with E-state index in [9.17, 15) is 24.0 Å². The molecular weight excluding hydrogens is 464 g/mol. The highest BCUT2D eigenvalue weighted by atomic mass is 16.5. The normalized spacial score (nSPS) is 23.1. The number of ketones is 1. The van der Waals surface area contributed by atoms with Crippen molar-refractivity contribution in [3.8, 4) is 0 Å². The van der Waals surface area contributed by atoms with Gasteiger partial charge in [0.05, 0.1) is 47.6 Å². The molecule has 0 radical (unpaired) electrons. The van der Waals surface area contributed by atoms with Crippen molar-refractivity contribution in [1.29, 1.82) is 0 Å². The van der Waals surface area contributed by atoms with Gasteiger partial charge in [0.15, 0.2) is 5.78 Å². The molecule has 36 heavy (non-hydrogen) atoms. The van der Waals surface area contributed by atoms with E-state index in [1.165, 1.54) is 46.2 Å². The lowest BCUT2D eigenvalue weighted by atomic mass is 9.96. The van der Waals surface area contributed by atoms with Gasteiger partial charge in [-0.25, -0.2) is 0 Å². The molecule has 4 amide bonds. The number of hydrogen-bond donors (Lipinski definition) is 0. The number of fused-ring (bicyclic) bond motifs is 2. The summed E-state index contributed by atoms with van der Waals surface area (Å²) in [4.78, 5) is 67.1. The molecule has 2 saturated heterocycles. The molecule has 2 fully saturated rings. The zero-order valence-electron chi connectivity index (χ0n) is 19.5. The van der Waals surface area contributed by atoms with Gasteiger partial charge in [0, 0.05) is 24.3 Å². The van der Waals surface area contributed by atoms with Crippen LogP contribution in [-0.2, 0) is 9.47 Å². The van der Waals surface area contributed by atoms with Crippen LogP contribution in [0.4, 0.5) is 0 Å². The topological polar surface area (TPSA) is 110 Å². The molecule has 2 unspecified atom stereocenters. The Balaban J connectivity index is 1.23. The van der Waals surface area contributed by atoms with Crippen LogP contribution in [0.15, 0.2) is 36.4 Å². The Hall–Kier alpha value is -3.69. The van der Waals surface area contributed by atoms with Gasteiger partial charge in [0.1, 0.15) is 0 Å². The van der Waals surface area contributed by atoms with Gasteiger partial charge in [0.25, 0.3) is 23.6 Å². The number of rotatable bonds is 6. The molecule has 2 atom stereocenters. The summed E-state index contributed by atoms with van der Waals surface area (Å²) in [7, 11) is 0. The van der Waals surface area contributed by atoms with E-state index in [4.69, 9.17) is 9.47 Å². The fourth-order valence-corrected chi connectivity index (χ4v) is 5.35. The number of benzene rings is 2. The van der Waals surface area contributed by atoms with E-state index in [1.54, 1.807) is 0 Å². The third kappa shape index (κ3) is 3.66. The Labute approximate surface area is 206 Å². The smallest absolute Gasteiger partial charge is 0.261 e. The second-order valence-corrected chi connectivity index (χ2v) is 9.56. The van der Waals surface area contributed by atoms with Crippen molar-refractivity contribution in [2.45, 2.75) is 37.9 Å². The first-order chi connectivity index (χ1) is 17.4. The van der Waals surface area contributed by atoms with Crippen molar-refractivity contribution >= 4 is 29.4 Å². The van der Waals surface area contributed by atoms with Crippen LogP contribution >= 0.6 is 0 Å². The van der Waals surface area contributed by atoms with Gasteiger partial charge >= 0.3 is 0 Å². The maximum atomic E-state index is 13.3. The molecule has 6 rings (SSSR count). The van der Waals surface area contributed by atoms with Gasteiger partial charge in [0.2, 0.25) is 0 Å². The average Bonchev–Trinajstić information content (AvgIpc) is 3.68. The third-order valence-electron chi connectivity index (χ3n) is 7.29. The lowest BCUT2D eigenvalue weighted by Crippen LogP contribution is -2.36. The second-order valence-electron chi connectivity index (χ2n) is 9.56. The van der Waals surface area contributed by atoms with E-state index in [0.717, 1.165) is 25.7 Å². The minimum absolute atomic E-state index is 0.167. The predicted molar refractivity (Wildman–Crippen MR) is 125 cm³/mol. The fraction of sp³-hybridized carbons (Fsp3) is 0.370. The summed E-state index contributed by atoms with van der Waals surface area (Å²) in [5, 5.41) is 0. The maximum absolute atomic E-state index is 13.3. The zero-order valence-corrected chi connectivity index (χ0v) is 19.5. The largest absolute Gasteiger partial charge is 0.376 e.